The molecule has 0 radical (unpaired) electrons. The number of hydrogen-bond acceptors (Lipinski definition) is 6. The molecule has 9 heteroatoms. The molecule has 0 spiro atoms. The van der Waals surface area contributed by atoms with Gasteiger partial charge in [-0.25, -0.2) is 12.7 Å². The largest absolute Gasteiger partial charge is 0.312 e. The van der Waals surface area contributed by atoms with Gasteiger partial charge in [0.1, 0.15) is 11.1 Å². The Kier molecular flexibility index (Phi) is 6.39. The maximum Gasteiger partial charge on any atom is 0.256 e. The normalized spacial score (nSPS) is 14.4. The van der Waals surface area contributed by atoms with E-state index in [1.54, 1.807) is 0 Å². The summed E-state index contributed by atoms with van der Waals surface area (Å²) in [6.45, 7) is 4.88. The van der Waals surface area contributed by atoms with Crippen LogP contribution in [0.25, 0.3) is 0 Å². The first-order valence-electron chi connectivity index (χ1n) is 9.38. The van der Waals surface area contributed by atoms with Gasteiger partial charge in [0.15, 0.2) is 0 Å². The van der Waals surface area contributed by atoms with Crippen molar-refractivity contribution in [2.75, 3.05) is 32.5 Å². The average Bonchev–Trinajstić information content (AvgIpc) is 3.04. The zero-order valence-corrected chi connectivity index (χ0v) is 18.4. The predicted octanol–water partition coefficient (Wildman–Crippen LogP) is 2.89. The lowest BCUT2D eigenvalue weighted by Gasteiger charge is -2.26. The van der Waals surface area contributed by atoms with E-state index in [0.29, 0.717) is 16.1 Å². The number of carbonyl (C=O) groups excluding carboxylic acids is 1. The summed E-state index contributed by atoms with van der Waals surface area (Å²) in [5.74, 6) is -0.362. The smallest absolute Gasteiger partial charge is 0.256 e. The van der Waals surface area contributed by atoms with E-state index in [1.807, 2.05) is 0 Å². The third kappa shape index (κ3) is 4.36. The molecule has 7 nitrogen and oxygen atoms in total. The Balaban J connectivity index is 1.80. The van der Waals surface area contributed by atoms with Gasteiger partial charge in [0.25, 0.3) is 5.91 Å². The van der Waals surface area contributed by atoms with Crippen LogP contribution in [0.3, 0.4) is 0 Å². The fourth-order valence-electron chi connectivity index (χ4n) is 3.33. The number of thiophene rings is 1. The number of sulfonamides is 1. The van der Waals surface area contributed by atoms with Gasteiger partial charge >= 0.3 is 0 Å². The molecule has 154 valence electrons. The third-order valence-corrected chi connectivity index (χ3v) is 7.87. The molecule has 0 unspecified atom stereocenters. The quantitative estimate of drug-likeness (QED) is 0.758. The van der Waals surface area contributed by atoms with Crippen molar-refractivity contribution in [3.63, 3.8) is 0 Å². The number of nitriles is 1. The van der Waals surface area contributed by atoms with E-state index in [0.717, 1.165) is 47.2 Å². The van der Waals surface area contributed by atoms with E-state index in [-0.39, 0.29) is 10.8 Å². The number of anilines is 1. The van der Waals surface area contributed by atoms with Gasteiger partial charge in [-0.1, -0.05) is 6.92 Å². The number of hydrogen-bond donors (Lipinski definition) is 1. The molecule has 1 aliphatic rings. The molecule has 2 heterocycles. The second-order valence-corrected chi connectivity index (χ2v) is 10.4. The van der Waals surface area contributed by atoms with Gasteiger partial charge in [0, 0.05) is 37.6 Å². The molecule has 0 saturated carbocycles. The number of rotatable bonds is 6. The number of nitrogens with one attached hydrogen (secondary N) is 1. The van der Waals surface area contributed by atoms with Gasteiger partial charge in [-0.05, 0) is 49.2 Å². The van der Waals surface area contributed by atoms with Crippen LogP contribution >= 0.6 is 11.3 Å². The molecule has 1 N–H and O–H groups in total. The van der Waals surface area contributed by atoms with E-state index in [1.165, 1.54) is 49.7 Å². The van der Waals surface area contributed by atoms with E-state index in [9.17, 15) is 18.5 Å². The molecule has 0 atom stereocenters. The van der Waals surface area contributed by atoms with Crippen LogP contribution in [0.2, 0.25) is 0 Å². The Morgan fingerprint density at radius 2 is 2.00 bits per heavy atom. The van der Waals surface area contributed by atoms with Gasteiger partial charge in [-0.15, -0.1) is 11.3 Å². The van der Waals surface area contributed by atoms with E-state index >= 15 is 0 Å². The molecular formula is C20H24N4O3S2. The first-order chi connectivity index (χ1) is 13.8. The van der Waals surface area contributed by atoms with Gasteiger partial charge in [0.2, 0.25) is 10.0 Å². The number of fused-ring (bicyclic) bond motifs is 1. The van der Waals surface area contributed by atoms with Gasteiger partial charge < -0.3 is 5.32 Å². The number of carbonyl (C=O) groups is 1. The van der Waals surface area contributed by atoms with Crippen LogP contribution in [-0.2, 0) is 23.0 Å². The summed E-state index contributed by atoms with van der Waals surface area (Å²) in [6.07, 6.45) is 1.89. The molecule has 0 bridgehead atoms. The first kappa shape index (κ1) is 21.5. The van der Waals surface area contributed by atoms with E-state index in [2.05, 4.69) is 23.2 Å². The minimum Gasteiger partial charge on any atom is -0.312 e. The summed E-state index contributed by atoms with van der Waals surface area (Å²) in [5.41, 5.74) is 1.92. The lowest BCUT2D eigenvalue weighted by atomic mass is 10.0. The summed E-state index contributed by atoms with van der Waals surface area (Å²) in [6, 6.07) is 8.03. The highest BCUT2D eigenvalue weighted by molar-refractivity contribution is 7.89. The summed E-state index contributed by atoms with van der Waals surface area (Å²) in [4.78, 5) is 16.3. The zero-order chi connectivity index (χ0) is 21.2. The minimum absolute atomic E-state index is 0.124. The highest BCUT2D eigenvalue weighted by Gasteiger charge is 2.25. The summed E-state index contributed by atoms with van der Waals surface area (Å²) < 4.78 is 25.4. The topological polar surface area (TPSA) is 93.5 Å². The first-order valence-corrected chi connectivity index (χ1v) is 11.6. The predicted molar refractivity (Wildman–Crippen MR) is 114 cm³/mol. The maximum atomic E-state index is 12.7. The number of benzene rings is 1. The van der Waals surface area contributed by atoms with Crippen LogP contribution in [0.4, 0.5) is 5.00 Å². The Morgan fingerprint density at radius 1 is 1.31 bits per heavy atom. The van der Waals surface area contributed by atoms with Gasteiger partial charge in [-0.3, -0.25) is 9.69 Å². The van der Waals surface area contributed by atoms with Crippen molar-refractivity contribution >= 4 is 32.3 Å². The SMILES string of the molecule is CCCN1CCc2c(sc(NC(=O)c3ccc(S(=O)(=O)N(C)C)cc3)c2C#N)C1. The molecule has 1 amide bonds. The second-order valence-electron chi connectivity index (χ2n) is 7.11. The van der Waals surface area contributed by atoms with E-state index < -0.39 is 10.0 Å². The monoisotopic (exact) mass is 432 g/mol. The van der Waals surface area contributed by atoms with Gasteiger partial charge in [0.05, 0.1) is 10.5 Å². The fourth-order valence-corrected chi connectivity index (χ4v) is 5.47. The van der Waals surface area contributed by atoms with Crippen molar-refractivity contribution in [3.05, 3.63) is 45.8 Å². The molecule has 2 aromatic rings. The van der Waals surface area contributed by atoms with Crippen LogP contribution in [0, 0.1) is 11.3 Å². The summed E-state index contributed by atoms with van der Waals surface area (Å²) >= 11 is 1.45. The van der Waals surface area contributed by atoms with Crippen molar-refractivity contribution in [1.29, 1.82) is 5.26 Å². The van der Waals surface area contributed by atoms with Gasteiger partial charge in [-0.2, -0.15) is 5.26 Å². The Hall–Kier alpha value is -2.25. The highest BCUT2D eigenvalue weighted by atomic mass is 32.2. The molecule has 0 aliphatic carbocycles. The summed E-state index contributed by atoms with van der Waals surface area (Å²) in [5, 5.41) is 13.0. The Bertz CT molecular complexity index is 1050. The molecule has 1 aromatic carbocycles. The fraction of sp³-hybridized carbons (Fsp3) is 0.400. The molecule has 0 saturated heterocycles. The molecule has 29 heavy (non-hydrogen) atoms. The lowest BCUT2D eigenvalue weighted by Crippen LogP contribution is -2.30. The third-order valence-electron chi connectivity index (χ3n) is 4.91. The molecule has 3 rings (SSSR count). The molecule has 1 aliphatic heterocycles. The average molecular weight is 433 g/mol. The number of amides is 1. The van der Waals surface area contributed by atoms with Crippen LogP contribution in [0.15, 0.2) is 29.2 Å². The van der Waals surface area contributed by atoms with Crippen LogP contribution in [0.1, 0.15) is 39.7 Å². The standard InChI is InChI=1S/C20H24N4O3S2/c1-4-10-24-11-9-16-17(12-21)20(28-18(16)13-24)22-19(25)14-5-7-15(8-6-14)29(26,27)23(2)3/h5-8H,4,9-11,13H2,1-3H3,(H,22,25). The molecule has 1 aromatic heterocycles. The zero-order valence-electron chi connectivity index (χ0n) is 16.7. The van der Waals surface area contributed by atoms with Crippen molar-refractivity contribution in [2.45, 2.75) is 31.2 Å². The minimum atomic E-state index is -3.55. The number of nitrogens with zero attached hydrogens (tertiary/aromatic N) is 3. The van der Waals surface area contributed by atoms with Crippen LogP contribution in [-0.4, -0.2) is 50.7 Å². The van der Waals surface area contributed by atoms with E-state index in [4.69, 9.17) is 0 Å². The van der Waals surface area contributed by atoms with Crippen molar-refractivity contribution < 1.29 is 13.2 Å². The Labute approximate surface area is 175 Å². The van der Waals surface area contributed by atoms with Crippen LogP contribution in [0.5, 0.6) is 0 Å². The second kappa shape index (κ2) is 8.63. The Morgan fingerprint density at radius 3 is 2.59 bits per heavy atom. The summed E-state index contributed by atoms with van der Waals surface area (Å²) in [7, 11) is -0.629. The van der Waals surface area contributed by atoms with Crippen molar-refractivity contribution in [1.82, 2.24) is 9.21 Å². The van der Waals surface area contributed by atoms with Crippen LogP contribution < -0.4 is 5.32 Å². The van der Waals surface area contributed by atoms with Crippen molar-refractivity contribution in [3.8, 4) is 6.07 Å². The molecule has 0 fully saturated rings. The highest BCUT2D eigenvalue weighted by Crippen LogP contribution is 2.36. The van der Waals surface area contributed by atoms with Crippen molar-refractivity contribution in [2.24, 2.45) is 0 Å². The molecular weight excluding hydrogens is 408 g/mol. The lowest BCUT2D eigenvalue weighted by molar-refractivity contribution is 0.102. The maximum absolute atomic E-state index is 12.7.